The van der Waals surface area contributed by atoms with Crippen LogP contribution < -0.4 is 10.2 Å². The molecule has 134 valence electrons. The summed E-state index contributed by atoms with van der Waals surface area (Å²) in [5, 5.41) is 9.44. The summed E-state index contributed by atoms with van der Waals surface area (Å²) in [7, 11) is -0.719. The van der Waals surface area contributed by atoms with Gasteiger partial charge >= 0.3 is 7.12 Å². The second-order valence-electron chi connectivity index (χ2n) is 7.51. The molecule has 2 saturated heterocycles. The van der Waals surface area contributed by atoms with E-state index in [9.17, 15) is 9.65 Å². The number of benzene rings is 1. The molecule has 0 amide bonds. The Bertz CT molecular complexity index is 679. The minimum atomic E-state index is -0.719. The number of rotatable bonds is 3. The molecule has 2 aliphatic heterocycles. The van der Waals surface area contributed by atoms with Gasteiger partial charge in [-0.25, -0.2) is 4.39 Å². The van der Waals surface area contributed by atoms with E-state index < -0.39 is 24.1 Å². The molecule has 7 heteroatoms. The Morgan fingerprint density at radius 1 is 1.16 bits per heavy atom. The van der Waals surface area contributed by atoms with Gasteiger partial charge in [0.05, 0.1) is 30.0 Å². The van der Waals surface area contributed by atoms with Crippen molar-refractivity contribution in [3.05, 3.63) is 23.5 Å². The van der Waals surface area contributed by atoms with E-state index in [1.165, 1.54) is 6.07 Å². The highest BCUT2D eigenvalue weighted by Crippen LogP contribution is 2.37. The zero-order chi connectivity index (χ0) is 18.2. The van der Waals surface area contributed by atoms with Crippen LogP contribution in [-0.4, -0.2) is 37.6 Å². The first kappa shape index (κ1) is 18.2. The van der Waals surface area contributed by atoms with Crippen LogP contribution >= 0.6 is 0 Å². The van der Waals surface area contributed by atoms with Crippen molar-refractivity contribution in [2.24, 2.45) is 0 Å². The Labute approximate surface area is 148 Å². The first-order valence-electron chi connectivity index (χ1n) is 8.57. The molecule has 0 bridgehead atoms. The van der Waals surface area contributed by atoms with Gasteiger partial charge in [-0.3, -0.25) is 0 Å². The zero-order valence-electron chi connectivity index (χ0n) is 15.1. The Morgan fingerprint density at radius 2 is 1.76 bits per heavy atom. The summed E-state index contributed by atoms with van der Waals surface area (Å²) in [5.41, 5.74) is -0.431. The number of nitrogens with zero attached hydrogens (tertiary/aromatic N) is 1. The van der Waals surface area contributed by atoms with Crippen molar-refractivity contribution in [3.8, 4) is 11.8 Å². The lowest BCUT2D eigenvalue weighted by molar-refractivity contribution is 0.00578. The summed E-state index contributed by atoms with van der Waals surface area (Å²) in [5.74, 6) is -0.579. The predicted octanol–water partition coefficient (Wildman–Crippen LogP) is 2.55. The molecule has 0 aliphatic carbocycles. The number of nitriles is 1. The molecule has 3 rings (SSSR count). The second-order valence-corrected chi connectivity index (χ2v) is 7.51. The summed E-state index contributed by atoms with van der Waals surface area (Å²) in [6.07, 6.45) is 1.23. The van der Waals surface area contributed by atoms with Crippen LogP contribution in [0.2, 0.25) is 0 Å². The molecule has 0 unspecified atom stereocenters. The highest BCUT2D eigenvalue weighted by Gasteiger charge is 2.52. The fourth-order valence-corrected chi connectivity index (χ4v) is 2.89. The van der Waals surface area contributed by atoms with Gasteiger partial charge in [-0.2, -0.15) is 5.26 Å². The lowest BCUT2D eigenvalue weighted by Crippen LogP contribution is -2.41. The van der Waals surface area contributed by atoms with Crippen molar-refractivity contribution in [1.82, 2.24) is 0 Å². The van der Waals surface area contributed by atoms with Crippen molar-refractivity contribution in [2.75, 3.05) is 13.2 Å². The summed E-state index contributed by atoms with van der Waals surface area (Å²) in [6.45, 7) is 8.88. The van der Waals surface area contributed by atoms with Crippen molar-refractivity contribution in [2.45, 2.75) is 57.8 Å². The molecule has 0 spiro atoms. The Hall–Kier alpha value is -1.62. The van der Waals surface area contributed by atoms with E-state index in [2.05, 4.69) is 0 Å². The molecule has 2 aliphatic rings. The van der Waals surface area contributed by atoms with Crippen LogP contribution in [0.15, 0.2) is 12.1 Å². The van der Waals surface area contributed by atoms with Crippen LogP contribution in [-0.2, 0) is 14.0 Å². The molecule has 1 aromatic rings. The zero-order valence-corrected chi connectivity index (χ0v) is 15.1. The summed E-state index contributed by atoms with van der Waals surface area (Å²) in [6, 6.07) is 4.94. The number of ether oxygens (including phenoxy) is 2. The summed E-state index contributed by atoms with van der Waals surface area (Å²) >= 11 is 0. The van der Waals surface area contributed by atoms with Crippen molar-refractivity contribution < 1.29 is 23.2 Å². The Kier molecular flexibility index (Phi) is 4.80. The predicted molar refractivity (Wildman–Crippen MR) is 91.3 cm³/mol. The first-order chi connectivity index (χ1) is 11.7. The monoisotopic (exact) mass is 347 g/mol. The van der Waals surface area contributed by atoms with E-state index in [1.54, 1.807) is 6.07 Å². The van der Waals surface area contributed by atoms with E-state index in [-0.39, 0.29) is 17.4 Å². The minimum absolute atomic E-state index is 0.00494. The standard InChI is InChI=1S/C18H23BFNO4/c1-17(2)18(3,4)25-19(24-17)13-9-12(11-21)16(15(20)10-13)23-14-5-7-22-8-6-14/h9-10,14H,5-8H2,1-4H3. The van der Waals surface area contributed by atoms with Crippen molar-refractivity contribution in [3.63, 3.8) is 0 Å². The molecular weight excluding hydrogens is 324 g/mol. The van der Waals surface area contributed by atoms with Gasteiger partial charge in [-0.1, -0.05) is 0 Å². The van der Waals surface area contributed by atoms with Gasteiger partial charge in [0, 0.05) is 12.8 Å². The van der Waals surface area contributed by atoms with E-state index in [0.717, 1.165) is 0 Å². The van der Waals surface area contributed by atoms with Gasteiger partial charge in [0.2, 0.25) is 0 Å². The fourth-order valence-electron chi connectivity index (χ4n) is 2.89. The molecule has 0 aromatic heterocycles. The van der Waals surface area contributed by atoms with E-state index in [1.807, 2.05) is 33.8 Å². The number of hydrogen-bond acceptors (Lipinski definition) is 5. The Morgan fingerprint density at radius 3 is 2.32 bits per heavy atom. The lowest BCUT2D eigenvalue weighted by Gasteiger charge is -2.32. The topological polar surface area (TPSA) is 60.7 Å². The first-order valence-corrected chi connectivity index (χ1v) is 8.57. The normalized spacial score (nSPS) is 22.6. The van der Waals surface area contributed by atoms with Gasteiger partial charge in [-0.05, 0) is 45.3 Å². The Balaban J connectivity index is 1.86. The summed E-state index contributed by atoms with van der Waals surface area (Å²) < 4.78 is 37.6. The van der Waals surface area contributed by atoms with Crippen molar-refractivity contribution in [1.29, 1.82) is 5.26 Å². The average molecular weight is 347 g/mol. The van der Waals surface area contributed by atoms with E-state index in [4.69, 9.17) is 18.8 Å². The third kappa shape index (κ3) is 3.52. The molecule has 25 heavy (non-hydrogen) atoms. The molecule has 0 radical (unpaired) electrons. The molecule has 5 nitrogen and oxygen atoms in total. The van der Waals surface area contributed by atoms with Crippen LogP contribution in [0.5, 0.6) is 5.75 Å². The highest BCUT2D eigenvalue weighted by atomic mass is 19.1. The third-order valence-corrected chi connectivity index (χ3v) is 5.16. The van der Waals surface area contributed by atoms with Crippen LogP contribution in [0.4, 0.5) is 4.39 Å². The fraction of sp³-hybridized carbons (Fsp3) is 0.611. The van der Waals surface area contributed by atoms with Gasteiger partial charge in [-0.15, -0.1) is 0 Å². The molecule has 0 saturated carbocycles. The van der Waals surface area contributed by atoms with E-state index >= 15 is 0 Å². The summed E-state index contributed by atoms with van der Waals surface area (Å²) in [4.78, 5) is 0. The van der Waals surface area contributed by atoms with Crippen LogP contribution in [0.25, 0.3) is 0 Å². The average Bonchev–Trinajstić information content (AvgIpc) is 2.78. The molecule has 1 aromatic carbocycles. The largest absolute Gasteiger partial charge is 0.494 e. The smallest absolute Gasteiger partial charge is 0.486 e. The minimum Gasteiger partial charge on any atom is -0.486 e. The molecule has 2 fully saturated rings. The van der Waals surface area contributed by atoms with Gasteiger partial charge < -0.3 is 18.8 Å². The van der Waals surface area contributed by atoms with Gasteiger partial charge in [0.1, 0.15) is 12.2 Å². The van der Waals surface area contributed by atoms with Gasteiger partial charge in [0.25, 0.3) is 0 Å². The SMILES string of the molecule is CC1(C)OB(c2cc(F)c(OC3CCOCC3)c(C#N)c2)OC1(C)C. The third-order valence-electron chi connectivity index (χ3n) is 5.16. The molecular formula is C18H23BFNO4. The van der Waals surface area contributed by atoms with Crippen LogP contribution in [0, 0.1) is 17.1 Å². The van der Waals surface area contributed by atoms with Gasteiger partial charge in [0.15, 0.2) is 11.6 Å². The highest BCUT2D eigenvalue weighted by molar-refractivity contribution is 6.62. The maximum atomic E-state index is 14.7. The number of halogens is 1. The maximum absolute atomic E-state index is 14.7. The maximum Gasteiger partial charge on any atom is 0.494 e. The van der Waals surface area contributed by atoms with E-state index in [0.29, 0.717) is 31.5 Å². The molecule has 2 heterocycles. The molecule has 0 atom stereocenters. The quantitative estimate of drug-likeness (QED) is 0.787. The number of hydrogen-bond donors (Lipinski definition) is 0. The molecule has 0 N–H and O–H groups in total. The van der Waals surface area contributed by atoms with Crippen LogP contribution in [0.1, 0.15) is 46.1 Å². The van der Waals surface area contributed by atoms with Crippen LogP contribution in [0.3, 0.4) is 0 Å². The second kappa shape index (κ2) is 6.60. The lowest BCUT2D eigenvalue weighted by atomic mass is 9.78. The van der Waals surface area contributed by atoms with Crippen molar-refractivity contribution >= 4 is 12.6 Å².